The standard InChI is InChI=1S/C27H40N4O3S/c1-16(18-9-11-19(12-10-18)22-17(2)28-15-35-22)29-24(33)21-13-20(32)14-31(21)25(34)23(26(3,4)5)30-27(6,7)8/h9-12,15-16,20-21,23,30,32H,13-14H2,1-8H3,(H,29,33)/t16-,20+,21-,23+/m1/s1. The van der Waals surface area contributed by atoms with Crippen molar-refractivity contribution in [2.24, 2.45) is 5.41 Å². The largest absolute Gasteiger partial charge is 0.391 e. The molecule has 192 valence electrons. The van der Waals surface area contributed by atoms with E-state index in [9.17, 15) is 14.7 Å². The number of likely N-dealkylation sites (tertiary alicyclic amines) is 1. The number of aliphatic hydroxyl groups excluding tert-OH is 1. The lowest BCUT2D eigenvalue weighted by atomic mass is 9.84. The molecule has 1 aliphatic heterocycles. The summed E-state index contributed by atoms with van der Waals surface area (Å²) in [7, 11) is 0. The SMILES string of the molecule is Cc1ncsc1-c1ccc([C@@H](C)NC(=O)[C@H]2C[C@H](O)CN2C(=O)[C@H](NC(C)(C)C)C(C)(C)C)cc1. The smallest absolute Gasteiger partial charge is 0.243 e. The summed E-state index contributed by atoms with van der Waals surface area (Å²) in [5, 5.41) is 16.9. The fourth-order valence-corrected chi connectivity index (χ4v) is 5.26. The fourth-order valence-electron chi connectivity index (χ4n) is 4.45. The number of nitrogens with zero attached hydrogens (tertiary/aromatic N) is 2. The van der Waals surface area contributed by atoms with E-state index in [1.807, 2.05) is 85.2 Å². The number of aryl methyl sites for hydroxylation is 1. The van der Waals surface area contributed by atoms with Crippen LogP contribution in [0.1, 0.15) is 72.2 Å². The molecule has 1 aliphatic rings. The number of hydrogen-bond donors (Lipinski definition) is 3. The number of rotatable bonds is 6. The Morgan fingerprint density at radius 1 is 1.14 bits per heavy atom. The zero-order chi connectivity index (χ0) is 26.1. The van der Waals surface area contributed by atoms with Gasteiger partial charge in [0, 0.05) is 18.5 Å². The molecule has 0 saturated carbocycles. The van der Waals surface area contributed by atoms with Crippen molar-refractivity contribution < 1.29 is 14.7 Å². The zero-order valence-electron chi connectivity index (χ0n) is 22.2. The highest BCUT2D eigenvalue weighted by molar-refractivity contribution is 7.13. The van der Waals surface area contributed by atoms with Gasteiger partial charge in [-0.25, -0.2) is 4.98 Å². The van der Waals surface area contributed by atoms with Crippen molar-refractivity contribution in [3.63, 3.8) is 0 Å². The number of aliphatic hydroxyl groups is 1. The minimum atomic E-state index is -0.720. The summed E-state index contributed by atoms with van der Waals surface area (Å²) >= 11 is 1.61. The summed E-state index contributed by atoms with van der Waals surface area (Å²) in [5.41, 5.74) is 4.28. The van der Waals surface area contributed by atoms with Crippen molar-refractivity contribution in [2.45, 2.75) is 91.6 Å². The first-order valence-electron chi connectivity index (χ1n) is 12.2. The predicted molar refractivity (Wildman–Crippen MR) is 141 cm³/mol. The molecule has 1 saturated heterocycles. The van der Waals surface area contributed by atoms with Crippen molar-refractivity contribution >= 4 is 23.2 Å². The first kappa shape index (κ1) is 27.3. The molecule has 0 radical (unpaired) electrons. The van der Waals surface area contributed by atoms with E-state index in [2.05, 4.69) is 15.6 Å². The number of thiazole rings is 1. The molecule has 0 bridgehead atoms. The van der Waals surface area contributed by atoms with Gasteiger partial charge in [-0.05, 0) is 51.2 Å². The van der Waals surface area contributed by atoms with Crippen molar-refractivity contribution in [3.05, 3.63) is 41.0 Å². The number of hydrogen-bond acceptors (Lipinski definition) is 6. The van der Waals surface area contributed by atoms with Crippen molar-refractivity contribution in [1.29, 1.82) is 0 Å². The van der Waals surface area contributed by atoms with E-state index < -0.39 is 18.2 Å². The van der Waals surface area contributed by atoms with Gasteiger partial charge in [0.05, 0.1) is 34.3 Å². The van der Waals surface area contributed by atoms with Crippen LogP contribution in [-0.4, -0.2) is 57.1 Å². The van der Waals surface area contributed by atoms with Crippen LogP contribution in [-0.2, 0) is 9.59 Å². The Morgan fingerprint density at radius 2 is 1.77 bits per heavy atom. The summed E-state index contributed by atoms with van der Waals surface area (Å²) in [4.78, 5) is 33.9. The van der Waals surface area contributed by atoms with E-state index in [0.717, 1.165) is 21.7 Å². The molecule has 7 nitrogen and oxygen atoms in total. The van der Waals surface area contributed by atoms with Gasteiger partial charge in [-0.3, -0.25) is 9.59 Å². The van der Waals surface area contributed by atoms with Crippen LogP contribution in [0.3, 0.4) is 0 Å². The number of amides is 2. The van der Waals surface area contributed by atoms with Gasteiger partial charge in [0.15, 0.2) is 0 Å². The third kappa shape index (κ3) is 6.68. The van der Waals surface area contributed by atoms with Gasteiger partial charge in [-0.1, -0.05) is 45.0 Å². The highest BCUT2D eigenvalue weighted by Gasteiger charge is 2.44. The number of carbonyl (C=O) groups is 2. The minimum Gasteiger partial charge on any atom is -0.391 e. The Bertz CT molecular complexity index is 1040. The zero-order valence-corrected chi connectivity index (χ0v) is 23.0. The molecule has 1 aromatic carbocycles. The summed E-state index contributed by atoms with van der Waals surface area (Å²) < 4.78 is 0. The highest BCUT2D eigenvalue weighted by atomic mass is 32.1. The van der Waals surface area contributed by atoms with Crippen molar-refractivity contribution in [1.82, 2.24) is 20.5 Å². The maximum atomic E-state index is 13.6. The van der Waals surface area contributed by atoms with Gasteiger partial charge < -0.3 is 20.6 Å². The maximum absolute atomic E-state index is 13.6. The van der Waals surface area contributed by atoms with Crippen LogP contribution in [0, 0.1) is 12.3 Å². The molecule has 0 aliphatic carbocycles. The van der Waals surface area contributed by atoms with Gasteiger partial charge in [0.25, 0.3) is 0 Å². The summed E-state index contributed by atoms with van der Waals surface area (Å²) in [6, 6.07) is 6.68. The van der Waals surface area contributed by atoms with Crippen LogP contribution in [0.5, 0.6) is 0 Å². The number of nitrogens with one attached hydrogen (secondary N) is 2. The lowest BCUT2D eigenvalue weighted by Gasteiger charge is -2.39. The van der Waals surface area contributed by atoms with Crippen LogP contribution in [0.15, 0.2) is 29.8 Å². The minimum absolute atomic E-state index is 0.152. The van der Waals surface area contributed by atoms with Crippen LogP contribution in [0.4, 0.5) is 0 Å². The number of aromatic nitrogens is 1. The first-order valence-corrected chi connectivity index (χ1v) is 13.1. The molecule has 1 fully saturated rings. The van der Waals surface area contributed by atoms with Gasteiger partial charge in [-0.2, -0.15) is 0 Å². The van der Waals surface area contributed by atoms with Gasteiger partial charge >= 0.3 is 0 Å². The maximum Gasteiger partial charge on any atom is 0.243 e. The van der Waals surface area contributed by atoms with E-state index in [1.54, 1.807) is 16.2 Å². The summed E-state index contributed by atoms with van der Waals surface area (Å²) in [5.74, 6) is -0.394. The topological polar surface area (TPSA) is 94.6 Å². The second-order valence-electron chi connectivity index (χ2n) is 11.7. The average molecular weight is 501 g/mol. The predicted octanol–water partition coefficient (Wildman–Crippen LogP) is 4.06. The normalized spacial score (nSPS) is 20.5. The molecule has 8 heteroatoms. The highest BCUT2D eigenvalue weighted by Crippen LogP contribution is 2.30. The molecule has 0 spiro atoms. The summed E-state index contributed by atoms with van der Waals surface area (Å²) in [6.07, 6.45) is -0.484. The second-order valence-corrected chi connectivity index (χ2v) is 12.6. The van der Waals surface area contributed by atoms with Crippen molar-refractivity contribution in [2.75, 3.05) is 6.54 Å². The molecule has 35 heavy (non-hydrogen) atoms. The molecule has 4 atom stereocenters. The number of carbonyl (C=O) groups excluding carboxylic acids is 2. The lowest BCUT2D eigenvalue weighted by molar-refractivity contribution is -0.143. The van der Waals surface area contributed by atoms with E-state index in [-0.39, 0.29) is 41.8 Å². The third-order valence-electron chi connectivity index (χ3n) is 6.33. The lowest BCUT2D eigenvalue weighted by Crippen LogP contribution is -2.60. The molecule has 1 aromatic heterocycles. The summed E-state index contributed by atoms with van der Waals surface area (Å²) in [6.45, 7) is 16.2. The van der Waals surface area contributed by atoms with E-state index in [1.165, 1.54) is 0 Å². The van der Waals surface area contributed by atoms with Gasteiger partial charge in [0.2, 0.25) is 11.8 Å². The molecule has 3 rings (SSSR count). The fraction of sp³-hybridized carbons (Fsp3) is 0.593. The monoisotopic (exact) mass is 500 g/mol. The van der Waals surface area contributed by atoms with E-state index in [4.69, 9.17) is 0 Å². The van der Waals surface area contributed by atoms with E-state index in [0.29, 0.717) is 0 Å². The Balaban J connectivity index is 1.73. The molecule has 2 heterocycles. The molecule has 2 amide bonds. The molecule has 2 aromatic rings. The second kappa shape index (κ2) is 10.4. The van der Waals surface area contributed by atoms with E-state index >= 15 is 0 Å². The quantitative estimate of drug-likeness (QED) is 0.556. The van der Waals surface area contributed by atoms with Crippen molar-refractivity contribution in [3.8, 4) is 10.4 Å². The van der Waals surface area contributed by atoms with Gasteiger partial charge in [0.1, 0.15) is 6.04 Å². The average Bonchev–Trinajstić information content (AvgIpc) is 3.35. The van der Waals surface area contributed by atoms with Gasteiger partial charge in [-0.15, -0.1) is 11.3 Å². The van der Waals surface area contributed by atoms with Crippen LogP contribution < -0.4 is 10.6 Å². The third-order valence-corrected chi connectivity index (χ3v) is 7.31. The Labute approximate surface area is 213 Å². The Hall–Kier alpha value is -2.29. The number of benzene rings is 1. The Kier molecular flexibility index (Phi) is 8.09. The molecular formula is C27H40N4O3S. The molecule has 0 unspecified atom stereocenters. The molecular weight excluding hydrogens is 460 g/mol. The Morgan fingerprint density at radius 3 is 2.29 bits per heavy atom. The molecule has 3 N–H and O–H groups in total. The van der Waals surface area contributed by atoms with Crippen LogP contribution >= 0.6 is 11.3 Å². The first-order chi connectivity index (χ1) is 16.2. The van der Waals surface area contributed by atoms with Crippen LogP contribution in [0.25, 0.3) is 10.4 Å². The van der Waals surface area contributed by atoms with Crippen LogP contribution in [0.2, 0.25) is 0 Å². The number of β-amino-alcohol motifs (C(OH)–C–C–N with tert-alkyl or cyclic N) is 1.